The number of hydrogen-bond acceptors (Lipinski definition) is 6. The van der Waals surface area contributed by atoms with Crippen LogP contribution in [0, 0.1) is 0 Å². The Bertz CT molecular complexity index is 350. The molecule has 1 amide bonds. The second-order valence-electron chi connectivity index (χ2n) is 3.17. The van der Waals surface area contributed by atoms with Gasteiger partial charge in [-0.2, -0.15) is 4.98 Å². The molecule has 2 atom stereocenters. The van der Waals surface area contributed by atoms with E-state index in [-0.39, 0.29) is 17.8 Å². The molecular formula is C7H10N4O3. The lowest BCUT2D eigenvalue weighted by atomic mass is 10.2. The number of β-amino-alcohol motifs (C(OH)–C–C–N with tert-alkyl or cyclic N) is 1. The molecular weight excluding hydrogens is 188 g/mol. The third kappa shape index (κ3) is 1.59. The quantitative estimate of drug-likeness (QED) is 0.536. The summed E-state index contributed by atoms with van der Waals surface area (Å²) in [6.45, 7) is 0.485. The number of primary amides is 1. The second-order valence-corrected chi connectivity index (χ2v) is 3.17. The first kappa shape index (κ1) is 9.10. The predicted octanol–water partition coefficient (Wildman–Crippen LogP) is -1.44. The van der Waals surface area contributed by atoms with Gasteiger partial charge in [-0.15, -0.1) is 0 Å². The molecule has 1 aromatic heterocycles. The van der Waals surface area contributed by atoms with Gasteiger partial charge in [-0.3, -0.25) is 4.79 Å². The van der Waals surface area contributed by atoms with Gasteiger partial charge in [0.05, 0.1) is 12.1 Å². The highest BCUT2D eigenvalue weighted by Crippen LogP contribution is 2.21. The molecule has 1 aromatic rings. The summed E-state index contributed by atoms with van der Waals surface area (Å²) in [6.07, 6.45) is 0.0874. The molecule has 0 bridgehead atoms. The Morgan fingerprint density at radius 1 is 1.71 bits per heavy atom. The van der Waals surface area contributed by atoms with Crippen molar-refractivity contribution < 1.29 is 14.4 Å². The number of nitrogens with zero attached hydrogens (tertiary/aromatic N) is 2. The summed E-state index contributed by atoms with van der Waals surface area (Å²) < 4.78 is 4.82. The van der Waals surface area contributed by atoms with Gasteiger partial charge < -0.3 is 20.7 Å². The summed E-state index contributed by atoms with van der Waals surface area (Å²) in [6, 6.07) is -0.189. The van der Waals surface area contributed by atoms with E-state index in [4.69, 9.17) is 10.3 Å². The fourth-order valence-corrected chi connectivity index (χ4v) is 1.38. The van der Waals surface area contributed by atoms with Crippen LogP contribution in [0.3, 0.4) is 0 Å². The molecule has 0 saturated carbocycles. The molecule has 1 fully saturated rings. The SMILES string of the molecule is NC(=O)c1noc([C@@H]2CC(O)CN2)n1. The number of hydrogen-bond donors (Lipinski definition) is 3. The molecule has 7 heteroatoms. The van der Waals surface area contributed by atoms with Crippen LogP contribution in [-0.2, 0) is 0 Å². The first-order chi connectivity index (χ1) is 6.66. The Morgan fingerprint density at radius 3 is 3.00 bits per heavy atom. The lowest BCUT2D eigenvalue weighted by Gasteiger charge is -2.01. The zero-order valence-electron chi connectivity index (χ0n) is 7.30. The van der Waals surface area contributed by atoms with E-state index in [1.54, 1.807) is 0 Å². The van der Waals surface area contributed by atoms with Crippen LogP contribution >= 0.6 is 0 Å². The highest BCUT2D eigenvalue weighted by atomic mass is 16.5. The lowest BCUT2D eigenvalue weighted by Crippen LogP contribution is -2.16. The number of nitrogens with two attached hydrogens (primary N) is 1. The summed E-state index contributed by atoms with van der Waals surface area (Å²) in [5, 5.41) is 15.6. The molecule has 0 spiro atoms. The van der Waals surface area contributed by atoms with Crippen LogP contribution in [0.5, 0.6) is 0 Å². The standard InChI is InChI=1S/C7H10N4O3/c8-5(13)6-10-7(14-11-6)4-1-3(12)2-9-4/h3-4,9,12H,1-2H2,(H2,8,13)/t3?,4-/m0/s1. The van der Waals surface area contributed by atoms with E-state index in [2.05, 4.69) is 15.5 Å². The van der Waals surface area contributed by atoms with Gasteiger partial charge in [0.25, 0.3) is 11.7 Å². The minimum atomic E-state index is -0.724. The Balaban J connectivity index is 2.13. The van der Waals surface area contributed by atoms with Crippen molar-refractivity contribution in [3.63, 3.8) is 0 Å². The van der Waals surface area contributed by atoms with Crippen LogP contribution in [0.25, 0.3) is 0 Å². The second kappa shape index (κ2) is 3.35. The van der Waals surface area contributed by atoms with Gasteiger partial charge in [-0.1, -0.05) is 5.16 Å². The number of aliphatic hydroxyl groups is 1. The van der Waals surface area contributed by atoms with Crippen LogP contribution in [0.4, 0.5) is 0 Å². The van der Waals surface area contributed by atoms with Gasteiger partial charge in [0.1, 0.15) is 0 Å². The predicted molar refractivity (Wildman–Crippen MR) is 44.2 cm³/mol. The largest absolute Gasteiger partial charge is 0.392 e. The van der Waals surface area contributed by atoms with Crippen molar-refractivity contribution in [3.8, 4) is 0 Å². The third-order valence-corrected chi connectivity index (χ3v) is 2.07. The van der Waals surface area contributed by atoms with E-state index < -0.39 is 12.0 Å². The molecule has 0 aliphatic carbocycles. The van der Waals surface area contributed by atoms with Gasteiger partial charge in [0.2, 0.25) is 5.89 Å². The first-order valence-corrected chi connectivity index (χ1v) is 4.21. The van der Waals surface area contributed by atoms with Crippen LogP contribution < -0.4 is 11.1 Å². The Kier molecular flexibility index (Phi) is 2.18. The molecule has 76 valence electrons. The number of carbonyl (C=O) groups is 1. The number of aromatic nitrogens is 2. The van der Waals surface area contributed by atoms with Crippen molar-refractivity contribution >= 4 is 5.91 Å². The highest BCUT2D eigenvalue weighted by Gasteiger charge is 2.28. The van der Waals surface area contributed by atoms with Crippen LogP contribution in [0.2, 0.25) is 0 Å². The molecule has 7 nitrogen and oxygen atoms in total. The van der Waals surface area contributed by atoms with Gasteiger partial charge in [-0.25, -0.2) is 0 Å². The lowest BCUT2D eigenvalue weighted by molar-refractivity contribution is 0.0987. The summed E-state index contributed by atoms with van der Waals surface area (Å²) in [7, 11) is 0. The molecule has 2 heterocycles. The maximum Gasteiger partial charge on any atom is 0.290 e. The zero-order valence-corrected chi connectivity index (χ0v) is 7.30. The third-order valence-electron chi connectivity index (χ3n) is 2.07. The topological polar surface area (TPSA) is 114 Å². The van der Waals surface area contributed by atoms with Gasteiger partial charge >= 0.3 is 0 Å². The van der Waals surface area contributed by atoms with E-state index in [1.165, 1.54) is 0 Å². The van der Waals surface area contributed by atoms with E-state index >= 15 is 0 Å². The maximum atomic E-state index is 10.7. The number of rotatable bonds is 2. The zero-order chi connectivity index (χ0) is 10.1. The van der Waals surface area contributed by atoms with Crippen LogP contribution in [-0.4, -0.2) is 33.8 Å². The van der Waals surface area contributed by atoms with Crippen molar-refractivity contribution in [3.05, 3.63) is 11.7 Å². The van der Waals surface area contributed by atoms with Gasteiger partial charge in [-0.05, 0) is 6.42 Å². The van der Waals surface area contributed by atoms with Crippen molar-refractivity contribution in [2.24, 2.45) is 5.73 Å². The molecule has 2 rings (SSSR count). The van der Waals surface area contributed by atoms with E-state index in [0.717, 1.165) is 0 Å². The van der Waals surface area contributed by atoms with Crippen molar-refractivity contribution in [1.29, 1.82) is 0 Å². The summed E-state index contributed by atoms with van der Waals surface area (Å²) in [4.78, 5) is 14.5. The Hall–Kier alpha value is -1.47. The Morgan fingerprint density at radius 2 is 2.50 bits per heavy atom. The monoisotopic (exact) mass is 198 g/mol. The van der Waals surface area contributed by atoms with Crippen molar-refractivity contribution in [2.75, 3.05) is 6.54 Å². The number of amides is 1. The summed E-state index contributed by atoms with van der Waals surface area (Å²) in [5.74, 6) is -0.572. The van der Waals surface area contributed by atoms with Crippen LogP contribution in [0.15, 0.2) is 4.52 Å². The van der Waals surface area contributed by atoms with Gasteiger partial charge in [0, 0.05) is 6.54 Å². The van der Waals surface area contributed by atoms with E-state index in [1.807, 2.05) is 0 Å². The molecule has 1 saturated heterocycles. The summed E-state index contributed by atoms with van der Waals surface area (Å²) >= 11 is 0. The fraction of sp³-hybridized carbons (Fsp3) is 0.571. The molecule has 0 radical (unpaired) electrons. The number of aliphatic hydroxyl groups excluding tert-OH is 1. The fourth-order valence-electron chi connectivity index (χ4n) is 1.38. The minimum Gasteiger partial charge on any atom is -0.392 e. The molecule has 14 heavy (non-hydrogen) atoms. The average Bonchev–Trinajstić information content (AvgIpc) is 2.70. The first-order valence-electron chi connectivity index (χ1n) is 4.21. The Labute approximate surface area is 79.3 Å². The molecule has 4 N–H and O–H groups in total. The van der Waals surface area contributed by atoms with E-state index in [9.17, 15) is 9.90 Å². The molecule has 0 aromatic carbocycles. The summed E-state index contributed by atoms with van der Waals surface area (Å²) in [5.41, 5.74) is 4.96. The number of carbonyl (C=O) groups excluding carboxylic acids is 1. The van der Waals surface area contributed by atoms with Crippen LogP contribution in [0.1, 0.15) is 29.0 Å². The van der Waals surface area contributed by atoms with E-state index in [0.29, 0.717) is 13.0 Å². The normalized spacial score (nSPS) is 26.6. The highest BCUT2D eigenvalue weighted by molar-refractivity contribution is 5.88. The number of nitrogens with one attached hydrogen (secondary N) is 1. The smallest absolute Gasteiger partial charge is 0.290 e. The minimum absolute atomic E-state index is 0.136. The van der Waals surface area contributed by atoms with Crippen molar-refractivity contribution in [2.45, 2.75) is 18.6 Å². The molecule has 1 aliphatic heterocycles. The van der Waals surface area contributed by atoms with Crippen molar-refractivity contribution in [1.82, 2.24) is 15.5 Å². The molecule has 1 unspecified atom stereocenters. The van der Waals surface area contributed by atoms with Gasteiger partial charge in [0.15, 0.2) is 0 Å². The molecule has 1 aliphatic rings. The maximum absolute atomic E-state index is 10.7. The average molecular weight is 198 g/mol.